The van der Waals surface area contributed by atoms with Gasteiger partial charge < -0.3 is 16.0 Å². The number of hydrogen-bond acceptors (Lipinski definition) is 3. The van der Waals surface area contributed by atoms with Crippen LogP contribution in [0, 0.1) is 11.8 Å². The number of nitrogens with one attached hydrogen (secondary N) is 1. The summed E-state index contributed by atoms with van der Waals surface area (Å²) in [6, 6.07) is -0.257. The highest BCUT2D eigenvalue weighted by atomic mass is 16.2. The van der Waals surface area contributed by atoms with Gasteiger partial charge in [0.1, 0.15) is 6.04 Å². The SMILES string of the molecule is CC(C)CC(NC(=O)C(C)CCCC(C)N)C(=O)N(C)C. The molecule has 0 bridgehead atoms. The molecule has 0 aliphatic rings. The number of rotatable bonds is 9. The highest BCUT2D eigenvalue weighted by Crippen LogP contribution is 2.12. The molecular weight excluding hydrogens is 266 g/mol. The first-order valence-electron chi connectivity index (χ1n) is 7.92. The molecule has 0 saturated carbocycles. The number of amides is 2. The molecule has 0 saturated heterocycles. The third-order valence-electron chi connectivity index (χ3n) is 3.51. The third kappa shape index (κ3) is 8.71. The standard InChI is InChI=1S/C16H33N3O2/c1-11(2)10-14(16(21)19(5)6)18-15(20)12(3)8-7-9-13(4)17/h11-14H,7-10,17H2,1-6H3,(H,18,20). The van der Waals surface area contributed by atoms with Crippen molar-refractivity contribution in [3.63, 3.8) is 0 Å². The minimum atomic E-state index is -0.427. The van der Waals surface area contributed by atoms with E-state index >= 15 is 0 Å². The zero-order chi connectivity index (χ0) is 16.6. The van der Waals surface area contributed by atoms with Crippen molar-refractivity contribution in [3.05, 3.63) is 0 Å². The molecule has 5 nitrogen and oxygen atoms in total. The summed E-state index contributed by atoms with van der Waals surface area (Å²) in [6.07, 6.45) is 3.32. The van der Waals surface area contributed by atoms with Crippen molar-refractivity contribution in [3.8, 4) is 0 Å². The molecule has 5 heteroatoms. The summed E-state index contributed by atoms with van der Waals surface area (Å²) < 4.78 is 0. The summed E-state index contributed by atoms with van der Waals surface area (Å²) in [5.74, 6) is 0.182. The van der Waals surface area contributed by atoms with Crippen LogP contribution in [-0.4, -0.2) is 42.9 Å². The molecule has 0 aromatic heterocycles. The average Bonchev–Trinajstić information content (AvgIpc) is 2.35. The molecule has 0 fully saturated rings. The summed E-state index contributed by atoms with van der Waals surface area (Å²) in [5, 5.41) is 2.91. The van der Waals surface area contributed by atoms with Crippen LogP contribution in [-0.2, 0) is 9.59 Å². The Balaban J connectivity index is 4.47. The quantitative estimate of drug-likeness (QED) is 0.681. The molecule has 0 radical (unpaired) electrons. The van der Waals surface area contributed by atoms with E-state index in [1.807, 2.05) is 27.7 Å². The van der Waals surface area contributed by atoms with Gasteiger partial charge in [0.2, 0.25) is 11.8 Å². The van der Waals surface area contributed by atoms with E-state index in [9.17, 15) is 9.59 Å². The molecule has 3 atom stereocenters. The molecule has 0 aliphatic heterocycles. The predicted molar refractivity (Wildman–Crippen MR) is 86.7 cm³/mol. The van der Waals surface area contributed by atoms with E-state index in [2.05, 4.69) is 5.32 Å². The van der Waals surface area contributed by atoms with Gasteiger partial charge in [0.05, 0.1) is 0 Å². The first kappa shape index (κ1) is 19.9. The van der Waals surface area contributed by atoms with Crippen LogP contribution in [0.4, 0.5) is 0 Å². The van der Waals surface area contributed by atoms with Crippen molar-refractivity contribution >= 4 is 11.8 Å². The van der Waals surface area contributed by atoms with E-state index in [-0.39, 0.29) is 23.8 Å². The summed E-state index contributed by atoms with van der Waals surface area (Å²) in [6.45, 7) is 7.98. The predicted octanol–water partition coefficient (Wildman–Crippen LogP) is 1.76. The molecular formula is C16H33N3O2. The van der Waals surface area contributed by atoms with Crippen molar-refractivity contribution in [2.45, 2.75) is 65.5 Å². The molecule has 0 spiro atoms. The van der Waals surface area contributed by atoms with Crippen LogP contribution in [0.25, 0.3) is 0 Å². The van der Waals surface area contributed by atoms with Crippen LogP contribution in [0.15, 0.2) is 0 Å². The zero-order valence-electron chi connectivity index (χ0n) is 14.5. The molecule has 0 aliphatic carbocycles. The second-order valence-electron chi connectivity index (χ2n) is 6.73. The van der Waals surface area contributed by atoms with E-state index in [0.29, 0.717) is 12.3 Å². The van der Waals surface area contributed by atoms with E-state index < -0.39 is 6.04 Å². The maximum absolute atomic E-state index is 12.2. The van der Waals surface area contributed by atoms with E-state index in [4.69, 9.17) is 5.73 Å². The number of carbonyl (C=O) groups is 2. The van der Waals surface area contributed by atoms with Crippen molar-refractivity contribution in [2.75, 3.05) is 14.1 Å². The summed E-state index contributed by atoms with van der Waals surface area (Å²) in [7, 11) is 3.43. The van der Waals surface area contributed by atoms with Gasteiger partial charge in [-0.2, -0.15) is 0 Å². The lowest BCUT2D eigenvalue weighted by Gasteiger charge is -2.24. The summed E-state index contributed by atoms with van der Waals surface area (Å²) in [5.41, 5.74) is 5.71. The van der Waals surface area contributed by atoms with Gasteiger partial charge in [0, 0.05) is 26.1 Å². The highest BCUT2D eigenvalue weighted by Gasteiger charge is 2.25. The first-order chi connectivity index (χ1) is 9.65. The molecule has 0 aromatic rings. The van der Waals surface area contributed by atoms with Gasteiger partial charge >= 0.3 is 0 Å². The van der Waals surface area contributed by atoms with Gasteiger partial charge in [-0.15, -0.1) is 0 Å². The number of likely N-dealkylation sites (N-methyl/N-ethyl adjacent to an activating group) is 1. The maximum atomic E-state index is 12.2. The van der Waals surface area contributed by atoms with Crippen molar-refractivity contribution in [1.82, 2.24) is 10.2 Å². The van der Waals surface area contributed by atoms with Gasteiger partial charge in [-0.3, -0.25) is 9.59 Å². The Morgan fingerprint density at radius 2 is 1.67 bits per heavy atom. The van der Waals surface area contributed by atoms with Crippen LogP contribution in [0.2, 0.25) is 0 Å². The second-order valence-corrected chi connectivity index (χ2v) is 6.73. The maximum Gasteiger partial charge on any atom is 0.244 e. The van der Waals surface area contributed by atoms with Crippen molar-refractivity contribution in [1.29, 1.82) is 0 Å². The van der Waals surface area contributed by atoms with Crippen LogP contribution in [0.5, 0.6) is 0 Å². The van der Waals surface area contributed by atoms with Crippen LogP contribution in [0.3, 0.4) is 0 Å². The van der Waals surface area contributed by atoms with Crippen molar-refractivity contribution in [2.24, 2.45) is 17.6 Å². The fraction of sp³-hybridized carbons (Fsp3) is 0.875. The van der Waals surface area contributed by atoms with Gasteiger partial charge in [0.15, 0.2) is 0 Å². The number of hydrogen-bond donors (Lipinski definition) is 2. The molecule has 0 rings (SSSR count). The highest BCUT2D eigenvalue weighted by molar-refractivity contribution is 5.88. The largest absolute Gasteiger partial charge is 0.347 e. The molecule has 0 heterocycles. The van der Waals surface area contributed by atoms with E-state index in [1.165, 1.54) is 4.90 Å². The normalized spacial score (nSPS) is 15.4. The Morgan fingerprint density at radius 1 is 1.10 bits per heavy atom. The molecule has 21 heavy (non-hydrogen) atoms. The zero-order valence-corrected chi connectivity index (χ0v) is 14.5. The Kier molecular flexibility index (Phi) is 9.26. The van der Waals surface area contributed by atoms with Gasteiger partial charge in [-0.05, 0) is 32.1 Å². The first-order valence-corrected chi connectivity index (χ1v) is 7.92. The molecule has 2 amide bonds. The minimum Gasteiger partial charge on any atom is -0.347 e. The van der Waals surface area contributed by atoms with E-state index in [0.717, 1.165) is 19.3 Å². The lowest BCUT2D eigenvalue weighted by Crippen LogP contribution is -2.48. The van der Waals surface area contributed by atoms with Gasteiger partial charge in [-0.25, -0.2) is 0 Å². The number of nitrogens with two attached hydrogens (primary N) is 1. The molecule has 3 unspecified atom stereocenters. The Labute approximate surface area is 129 Å². The van der Waals surface area contributed by atoms with Gasteiger partial charge in [0.25, 0.3) is 0 Å². The topological polar surface area (TPSA) is 75.4 Å². The van der Waals surface area contributed by atoms with Crippen LogP contribution in [0.1, 0.15) is 53.4 Å². The van der Waals surface area contributed by atoms with E-state index in [1.54, 1.807) is 14.1 Å². The average molecular weight is 299 g/mol. The second kappa shape index (κ2) is 9.77. The van der Waals surface area contributed by atoms with Crippen LogP contribution >= 0.6 is 0 Å². The summed E-state index contributed by atoms with van der Waals surface area (Å²) in [4.78, 5) is 25.9. The molecule has 0 aromatic carbocycles. The number of nitrogens with zero attached hydrogens (tertiary/aromatic N) is 1. The van der Waals surface area contributed by atoms with Crippen LogP contribution < -0.4 is 11.1 Å². The fourth-order valence-electron chi connectivity index (χ4n) is 2.20. The third-order valence-corrected chi connectivity index (χ3v) is 3.51. The van der Waals surface area contributed by atoms with Gasteiger partial charge in [-0.1, -0.05) is 27.2 Å². The monoisotopic (exact) mass is 299 g/mol. The lowest BCUT2D eigenvalue weighted by molar-refractivity contribution is -0.136. The van der Waals surface area contributed by atoms with Crippen molar-refractivity contribution < 1.29 is 9.59 Å². The Hall–Kier alpha value is -1.10. The number of carbonyl (C=O) groups excluding carboxylic acids is 2. The fourth-order valence-corrected chi connectivity index (χ4v) is 2.20. The smallest absolute Gasteiger partial charge is 0.244 e. The summed E-state index contributed by atoms with van der Waals surface area (Å²) >= 11 is 0. The Morgan fingerprint density at radius 3 is 2.10 bits per heavy atom. The lowest BCUT2D eigenvalue weighted by atomic mass is 9.99. The molecule has 3 N–H and O–H groups in total. The molecule has 124 valence electrons. The minimum absolute atomic E-state index is 0.0412. The Bertz CT molecular complexity index is 327.